The van der Waals surface area contributed by atoms with Crippen molar-refractivity contribution in [2.24, 2.45) is 23.7 Å². The molecular formula is C26H46O4. The molecule has 4 aliphatic carbocycles. The molecule has 4 rings (SSSR count). The lowest BCUT2D eigenvalue weighted by Crippen LogP contribution is -2.47. The summed E-state index contributed by atoms with van der Waals surface area (Å²) in [6, 6.07) is 0. The Balaban J connectivity index is 1.36. The van der Waals surface area contributed by atoms with Gasteiger partial charge in [0.15, 0.2) is 0 Å². The van der Waals surface area contributed by atoms with E-state index in [1.165, 1.54) is 44.9 Å². The van der Waals surface area contributed by atoms with Crippen LogP contribution in [0.4, 0.5) is 0 Å². The topological polar surface area (TPSA) is 69.9 Å². The summed E-state index contributed by atoms with van der Waals surface area (Å²) in [6.45, 7) is 0. The molecule has 7 unspecified atom stereocenters. The Morgan fingerprint density at radius 3 is 1.77 bits per heavy atom. The van der Waals surface area contributed by atoms with Crippen LogP contribution >= 0.6 is 0 Å². The van der Waals surface area contributed by atoms with Crippen LogP contribution in [0.25, 0.3) is 0 Å². The Hall–Kier alpha value is -0.160. The first-order valence-electron chi connectivity index (χ1n) is 13.3. The zero-order valence-corrected chi connectivity index (χ0v) is 19.0. The van der Waals surface area contributed by atoms with Gasteiger partial charge >= 0.3 is 0 Å². The second-order valence-electron chi connectivity index (χ2n) is 11.1. The molecule has 0 spiro atoms. The number of aliphatic hydroxyl groups is 3. The van der Waals surface area contributed by atoms with Gasteiger partial charge in [-0.15, -0.1) is 0 Å². The van der Waals surface area contributed by atoms with E-state index in [9.17, 15) is 15.3 Å². The lowest BCUT2D eigenvalue weighted by molar-refractivity contribution is -0.158. The second-order valence-corrected chi connectivity index (χ2v) is 11.1. The van der Waals surface area contributed by atoms with Gasteiger partial charge in [-0.2, -0.15) is 0 Å². The van der Waals surface area contributed by atoms with Gasteiger partial charge in [-0.05, 0) is 75.5 Å². The summed E-state index contributed by atoms with van der Waals surface area (Å²) < 4.78 is 6.62. The number of rotatable bonds is 6. The van der Waals surface area contributed by atoms with E-state index in [0.717, 1.165) is 64.2 Å². The zero-order valence-electron chi connectivity index (χ0n) is 19.0. The summed E-state index contributed by atoms with van der Waals surface area (Å²) in [5.41, 5.74) is 0. The maximum Gasteiger partial charge on any atom is 0.0841 e. The van der Waals surface area contributed by atoms with E-state index in [1.807, 2.05) is 0 Å². The molecule has 0 aromatic carbocycles. The Kier molecular flexibility index (Phi) is 8.53. The van der Waals surface area contributed by atoms with Crippen molar-refractivity contribution >= 4 is 0 Å². The summed E-state index contributed by atoms with van der Waals surface area (Å²) in [6.07, 6.45) is 18.1. The summed E-state index contributed by atoms with van der Waals surface area (Å²) in [5.74, 6) is 1.35. The van der Waals surface area contributed by atoms with E-state index in [0.29, 0.717) is 11.8 Å². The van der Waals surface area contributed by atoms with Crippen molar-refractivity contribution in [1.29, 1.82) is 0 Å². The van der Waals surface area contributed by atoms with Crippen LogP contribution in [0.2, 0.25) is 0 Å². The van der Waals surface area contributed by atoms with Crippen LogP contribution in [-0.2, 0) is 4.74 Å². The molecule has 4 heteroatoms. The van der Waals surface area contributed by atoms with Gasteiger partial charge in [0, 0.05) is 5.92 Å². The normalized spacial score (nSPS) is 39.5. The zero-order chi connectivity index (χ0) is 20.9. The third-order valence-corrected chi connectivity index (χ3v) is 9.09. The number of ether oxygens (including phenoxy) is 1. The van der Waals surface area contributed by atoms with Gasteiger partial charge < -0.3 is 20.1 Å². The lowest BCUT2D eigenvalue weighted by atomic mass is 9.73. The van der Waals surface area contributed by atoms with Crippen LogP contribution in [0.5, 0.6) is 0 Å². The Morgan fingerprint density at radius 1 is 0.533 bits per heavy atom. The molecule has 30 heavy (non-hydrogen) atoms. The summed E-state index contributed by atoms with van der Waals surface area (Å²) in [7, 11) is 0. The molecule has 0 aliphatic heterocycles. The maximum absolute atomic E-state index is 11.2. The first-order chi connectivity index (χ1) is 14.6. The minimum atomic E-state index is -0.422. The maximum atomic E-state index is 11.2. The van der Waals surface area contributed by atoms with E-state index in [2.05, 4.69) is 0 Å². The van der Waals surface area contributed by atoms with E-state index >= 15 is 0 Å². The van der Waals surface area contributed by atoms with Gasteiger partial charge in [0.1, 0.15) is 0 Å². The van der Waals surface area contributed by atoms with E-state index in [1.54, 1.807) is 0 Å². The molecule has 0 bridgehead atoms. The Bertz CT molecular complexity index is 499. The molecule has 4 aliphatic rings. The van der Waals surface area contributed by atoms with Crippen LogP contribution in [0.3, 0.4) is 0 Å². The van der Waals surface area contributed by atoms with Gasteiger partial charge in [-0.3, -0.25) is 0 Å². The highest BCUT2D eigenvalue weighted by atomic mass is 16.5. The third-order valence-electron chi connectivity index (χ3n) is 9.09. The first-order valence-corrected chi connectivity index (χ1v) is 13.3. The fourth-order valence-corrected chi connectivity index (χ4v) is 7.20. The minimum Gasteiger partial charge on any atom is -0.393 e. The molecule has 174 valence electrons. The van der Waals surface area contributed by atoms with Crippen LogP contribution in [0.15, 0.2) is 0 Å². The average molecular weight is 423 g/mol. The molecule has 0 amide bonds. The largest absolute Gasteiger partial charge is 0.393 e. The Labute approximate surface area is 183 Å². The highest BCUT2D eigenvalue weighted by Crippen LogP contribution is 2.41. The Morgan fingerprint density at radius 2 is 1.10 bits per heavy atom. The summed E-state index contributed by atoms with van der Waals surface area (Å²) in [4.78, 5) is 0. The molecule has 4 fully saturated rings. The second kappa shape index (κ2) is 11.1. The quantitative estimate of drug-likeness (QED) is 0.565. The van der Waals surface area contributed by atoms with Crippen LogP contribution in [0, 0.1) is 23.7 Å². The van der Waals surface area contributed by atoms with E-state index in [4.69, 9.17) is 4.74 Å². The fourth-order valence-electron chi connectivity index (χ4n) is 7.20. The summed E-state index contributed by atoms with van der Waals surface area (Å²) >= 11 is 0. The molecule has 4 nitrogen and oxygen atoms in total. The molecule has 3 N–H and O–H groups in total. The van der Waals surface area contributed by atoms with Crippen molar-refractivity contribution in [3.8, 4) is 0 Å². The molecule has 0 aromatic rings. The van der Waals surface area contributed by atoms with Gasteiger partial charge in [-0.25, -0.2) is 0 Å². The monoisotopic (exact) mass is 422 g/mol. The lowest BCUT2D eigenvalue weighted by Gasteiger charge is -2.44. The fraction of sp³-hybridized carbons (Fsp3) is 1.00. The van der Waals surface area contributed by atoms with Crippen molar-refractivity contribution in [2.75, 3.05) is 0 Å². The highest BCUT2D eigenvalue weighted by molar-refractivity contribution is 4.91. The van der Waals surface area contributed by atoms with Crippen molar-refractivity contribution < 1.29 is 20.1 Å². The van der Waals surface area contributed by atoms with Crippen LogP contribution < -0.4 is 0 Å². The standard InChI is InChI=1S/C26H46O4/c27-22-16-15-20(25(28)18-9-3-1-4-10-18)17-24(22)30-23-14-8-7-13-21(23)26(29)19-11-5-2-6-12-19/h18-29H,1-17H2. The first kappa shape index (κ1) is 23.0. The van der Waals surface area contributed by atoms with Crippen molar-refractivity contribution in [1.82, 2.24) is 0 Å². The van der Waals surface area contributed by atoms with E-state index < -0.39 is 6.10 Å². The smallest absolute Gasteiger partial charge is 0.0841 e. The number of hydrogen-bond donors (Lipinski definition) is 3. The highest BCUT2D eigenvalue weighted by Gasteiger charge is 2.41. The van der Waals surface area contributed by atoms with Crippen LogP contribution in [-0.4, -0.2) is 45.8 Å². The molecular weight excluding hydrogens is 376 g/mol. The average Bonchev–Trinajstić information content (AvgIpc) is 2.81. The van der Waals surface area contributed by atoms with Crippen molar-refractivity contribution in [3.05, 3.63) is 0 Å². The molecule has 7 atom stereocenters. The van der Waals surface area contributed by atoms with Gasteiger partial charge in [0.25, 0.3) is 0 Å². The van der Waals surface area contributed by atoms with Gasteiger partial charge in [0.2, 0.25) is 0 Å². The predicted molar refractivity (Wildman–Crippen MR) is 119 cm³/mol. The number of aliphatic hydroxyl groups excluding tert-OH is 3. The van der Waals surface area contributed by atoms with Gasteiger partial charge in [-0.1, -0.05) is 51.4 Å². The molecule has 0 saturated heterocycles. The molecule has 0 heterocycles. The molecule has 4 saturated carbocycles. The van der Waals surface area contributed by atoms with Crippen LogP contribution in [0.1, 0.15) is 109 Å². The van der Waals surface area contributed by atoms with Gasteiger partial charge in [0.05, 0.1) is 30.5 Å². The summed E-state index contributed by atoms with van der Waals surface area (Å²) in [5, 5.41) is 32.9. The van der Waals surface area contributed by atoms with Crippen molar-refractivity contribution in [2.45, 2.75) is 140 Å². The number of hydrogen-bond acceptors (Lipinski definition) is 4. The van der Waals surface area contributed by atoms with E-state index in [-0.39, 0.29) is 36.3 Å². The van der Waals surface area contributed by atoms with Crippen molar-refractivity contribution in [3.63, 3.8) is 0 Å². The molecule has 0 radical (unpaired) electrons. The third kappa shape index (κ3) is 5.60. The minimum absolute atomic E-state index is 0.0703. The molecule has 0 aromatic heterocycles. The SMILES string of the molecule is OC1CCC(C(O)C2CCCCC2)CC1OC1CCCCC1C(O)C1CCCCC1. The predicted octanol–water partition coefficient (Wildman–Crippen LogP) is 4.97.